The number of nitrogens with zero attached hydrogens (tertiary/aromatic N) is 5. The lowest BCUT2D eigenvalue weighted by Gasteiger charge is -2.34. The number of hydrogen-bond acceptors (Lipinski definition) is 5. The van der Waals surface area contributed by atoms with Gasteiger partial charge in [-0.3, -0.25) is 4.79 Å². The largest absolute Gasteiger partial charge is 0.369 e. The van der Waals surface area contributed by atoms with Gasteiger partial charge in [0.15, 0.2) is 0 Å². The van der Waals surface area contributed by atoms with E-state index in [1.54, 1.807) is 0 Å². The predicted octanol–water partition coefficient (Wildman–Crippen LogP) is 5.60. The van der Waals surface area contributed by atoms with Gasteiger partial charge in [0.1, 0.15) is 5.65 Å². The monoisotopic (exact) mass is 550 g/mol. The van der Waals surface area contributed by atoms with Crippen molar-refractivity contribution in [2.45, 2.75) is 25.7 Å². The Balaban J connectivity index is 1.12. The van der Waals surface area contributed by atoms with Crippen molar-refractivity contribution in [1.82, 2.24) is 24.7 Å². The molecule has 0 unspecified atom stereocenters. The molecule has 4 heterocycles. The number of H-pyrrole nitrogens is 1. The number of aromatic nitrogens is 2. The first kappa shape index (κ1) is 27.5. The highest BCUT2D eigenvalue weighted by Crippen LogP contribution is 2.32. The molecule has 1 amide bonds. The molecule has 2 aliphatic rings. The molecule has 0 spiro atoms. The number of nitrogens with one attached hydrogen (secondary N) is 1. The molecule has 7 nitrogen and oxygen atoms in total. The number of amides is 1. The third-order valence-electron chi connectivity index (χ3n) is 8.81. The van der Waals surface area contributed by atoms with Crippen molar-refractivity contribution < 1.29 is 4.79 Å². The van der Waals surface area contributed by atoms with Crippen molar-refractivity contribution in [2.75, 3.05) is 71.4 Å². The number of benzene rings is 2. The Morgan fingerprint density at radius 2 is 1.59 bits per heavy atom. The van der Waals surface area contributed by atoms with Crippen molar-refractivity contribution in [1.29, 1.82) is 0 Å². The van der Waals surface area contributed by atoms with Crippen LogP contribution in [-0.4, -0.2) is 97.0 Å². The summed E-state index contributed by atoms with van der Waals surface area (Å²) >= 11 is 0. The van der Waals surface area contributed by atoms with Gasteiger partial charge in [-0.15, -0.1) is 0 Å². The minimum atomic E-state index is 0.0816. The third-order valence-corrected chi connectivity index (χ3v) is 8.81. The van der Waals surface area contributed by atoms with E-state index in [0.717, 1.165) is 84.5 Å². The Hall–Kier alpha value is -3.68. The van der Waals surface area contributed by atoms with Gasteiger partial charge in [-0.1, -0.05) is 30.7 Å². The number of likely N-dealkylation sites (N-methyl/N-ethyl adjacent to an activating group) is 1. The van der Waals surface area contributed by atoms with Gasteiger partial charge in [0.2, 0.25) is 0 Å². The molecule has 2 aromatic carbocycles. The van der Waals surface area contributed by atoms with E-state index in [1.807, 2.05) is 36.5 Å². The zero-order chi connectivity index (χ0) is 28.2. The van der Waals surface area contributed by atoms with E-state index in [9.17, 15) is 4.79 Å². The van der Waals surface area contributed by atoms with Crippen LogP contribution in [-0.2, 0) is 0 Å². The molecule has 0 bridgehead atoms. The highest BCUT2D eigenvalue weighted by Gasteiger charge is 2.16. The lowest BCUT2D eigenvalue weighted by molar-refractivity contribution is 0.0787. The highest BCUT2D eigenvalue weighted by atomic mass is 16.2. The molecule has 0 aliphatic carbocycles. The van der Waals surface area contributed by atoms with Crippen LogP contribution < -0.4 is 4.90 Å². The molecule has 4 aromatic rings. The molecule has 214 valence electrons. The fourth-order valence-corrected chi connectivity index (χ4v) is 6.16. The number of pyridine rings is 1. The first-order valence-electron chi connectivity index (χ1n) is 15.1. The van der Waals surface area contributed by atoms with Crippen molar-refractivity contribution in [2.24, 2.45) is 0 Å². The first-order chi connectivity index (χ1) is 20.0. The number of carbonyl (C=O) groups is 1. The number of fused-ring (bicyclic) bond motifs is 1. The summed E-state index contributed by atoms with van der Waals surface area (Å²) in [4.78, 5) is 30.3. The van der Waals surface area contributed by atoms with Gasteiger partial charge in [-0.2, -0.15) is 0 Å². The van der Waals surface area contributed by atoms with Crippen molar-refractivity contribution in [3.63, 3.8) is 0 Å². The normalized spacial score (nSPS) is 16.8. The van der Waals surface area contributed by atoms with Crippen molar-refractivity contribution >= 4 is 22.6 Å². The minimum Gasteiger partial charge on any atom is -0.369 e. The van der Waals surface area contributed by atoms with Crippen LogP contribution in [0.3, 0.4) is 0 Å². The van der Waals surface area contributed by atoms with Crippen LogP contribution in [0, 0.1) is 0 Å². The summed E-state index contributed by atoms with van der Waals surface area (Å²) in [7, 11) is 4.10. The third kappa shape index (κ3) is 6.31. The number of piperazine rings is 1. The van der Waals surface area contributed by atoms with Crippen LogP contribution in [0.4, 0.5) is 5.69 Å². The van der Waals surface area contributed by atoms with Crippen LogP contribution >= 0.6 is 0 Å². The Labute approximate surface area is 243 Å². The van der Waals surface area contributed by atoms with Crippen LogP contribution in [0.2, 0.25) is 0 Å². The lowest BCUT2D eigenvalue weighted by Crippen LogP contribution is -2.44. The maximum Gasteiger partial charge on any atom is 0.253 e. The van der Waals surface area contributed by atoms with Crippen LogP contribution in [0.25, 0.3) is 33.3 Å². The predicted molar refractivity (Wildman–Crippen MR) is 169 cm³/mol. The fraction of sp³-hybridized carbons (Fsp3) is 0.412. The van der Waals surface area contributed by atoms with Crippen LogP contribution in [0.5, 0.6) is 0 Å². The molecule has 7 heteroatoms. The summed E-state index contributed by atoms with van der Waals surface area (Å²) in [5, 5.41) is 1.08. The summed E-state index contributed by atoms with van der Waals surface area (Å²) in [6.07, 6.45) is 8.94. The van der Waals surface area contributed by atoms with Crippen LogP contribution in [0.1, 0.15) is 36.0 Å². The molecular formula is C34H42N6O. The molecule has 2 saturated heterocycles. The summed E-state index contributed by atoms with van der Waals surface area (Å²) in [6, 6.07) is 19.1. The van der Waals surface area contributed by atoms with E-state index < -0.39 is 0 Å². The number of piperidine rings is 1. The average Bonchev–Trinajstić information content (AvgIpc) is 3.45. The van der Waals surface area contributed by atoms with Gasteiger partial charge in [-0.25, -0.2) is 4.98 Å². The number of rotatable bonds is 8. The second kappa shape index (κ2) is 12.5. The Morgan fingerprint density at radius 1 is 0.878 bits per heavy atom. The van der Waals surface area contributed by atoms with Gasteiger partial charge in [-0.05, 0) is 87.4 Å². The summed E-state index contributed by atoms with van der Waals surface area (Å²) in [5.74, 6) is 0.0816. The van der Waals surface area contributed by atoms with E-state index in [-0.39, 0.29) is 5.91 Å². The van der Waals surface area contributed by atoms with Gasteiger partial charge in [0.25, 0.3) is 5.91 Å². The van der Waals surface area contributed by atoms with Gasteiger partial charge < -0.3 is 24.6 Å². The molecule has 0 saturated carbocycles. The SMILES string of the molecule is CN1CCN(c2ccc(-c3cnc4[nH]cc(-c5ccc(C(=O)N(C)CCCN6CCCCC6)cc5)c4c3)cc2)CC1. The Kier molecular flexibility index (Phi) is 8.35. The lowest BCUT2D eigenvalue weighted by atomic mass is 10.0. The van der Waals surface area contributed by atoms with Gasteiger partial charge in [0, 0.05) is 79.9 Å². The highest BCUT2D eigenvalue weighted by molar-refractivity contribution is 5.98. The molecule has 0 radical (unpaired) electrons. The molecule has 2 fully saturated rings. The van der Waals surface area contributed by atoms with E-state index in [1.165, 1.54) is 38.0 Å². The maximum atomic E-state index is 13.1. The van der Waals surface area contributed by atoms with E-state index in [0.29, 0.717) is 0 Å². The van der Waals surface area contributed by atoms with Crippen LogP contribution in [0.15, 0.2) is 67.0 Å². The smallest absolute Gasteiger partial charge is 0.253 e. The molecule has 6 rings (SSSR count). The standard InChI is InChI=1S/C34H42N6O/c1-37-19-21-40(22-20-37)30-13-11-26(12-14-30)29-23-31-32(25-36-33(31)35-24-29)27-7-9-28(10-8-27)34(41)38(2)15-6-18-39-16-4-3-5-17-39/h7-14,23-25H,3-6,15-22H2,1-2H3,(H,35,36). The summed E-state index contributed by atoms with van der Waals surface area (Å²) < 4.78 is 0. The van der Waals surface area contributed by atoms with E-state index in [4.69, 9.17) is 4.98 Å². The number of likely N-dealkylation sites (tertiary alicyclic amines) is 1. The zero-order valence-electron chi connectivity index (χ0n) is 24.5. The average molecular weight is 551 g/mol. The quantitative estimate of drug-likeness (QED) is 0.310. The first-order valence-corrected chi connectivity index (χ1v) is 15.1. The molecular weight excluding hydrogens is 508 g/mol. The number of carbonyl (C=O) groups excluding carboxylic acids is 1. The second-order valence-electron chi connectivity index (χ2n) is 11.7. The Bertz CT molecular complexity index is 1450. The second-order valence-corrected chi connectivity index (χ2v) is 11.7. The fourth-order valence-electron chi connectivity index (χ4n) is 6.16. The molecule has 2 aromatic heterocycles. The van der Waals surface area contributed by atoms with E-state index in [2.05, 4.69) is 69.2 Å². The summed E-state index contributed by atoms with van der Waals surface area (Å²) in [5.41, 5.74) is 7.30. The topological polar surface area (TPSA) is 58.7 Å². The van der Waals surface area contributed by atoms with Gasteiger partial charge >= 0.3 is 0 Å². The maximum absolute atomic E-state index is 13.1. The number of hydrogen-bond donors (Lipinski definition) is 1. The molecule has 2 aliphatic heterocycles. The zero-order valence-corrected chi connectivity index (χ0v) is 24.5. The van der Waals surface area contributed by atoms with Gasteiger partial charge in [0.05, 0.1) is 0 Å². The van der Waals surface area contributed by atoms with E-state index >= 15 is 0 Å². The van der Waals surface area contributed by atoms with Crippen molar-refractivity contribution in [3.05, 3.63) is 72.6 Å². The summed E-state index contributed by atoms with van der Waals surface area (Å²) in [6.45, 7) is 8.59. The Morgan fingerprint density at radius 3 is 2.32 bits per heavy atom. The molecule has 0 atom stereocenters. The number of anilines is 1. The van der Waals surface area contributed by atoms with Crippen molar-refractivity contribution in [3.8, 4) is 22.3 Å². The minimum absolute atomic E-state index is 0.0816. The molecule has 1 N–H and O–H groups in total. The number of aromatic amines is 1. The molecule has 41 heavy (non-hydrogen) atoms.